The van der Waals surface area contributed by atoms with Crippen LogP contribution >= 0.6 is 27.5 Å². The van der Waals surface area contributed by atoms with Gasteiger partial charge in [-0.1, -0.05) is 25.4 Å². The van der Waals surface area contributed by atoms with Crippen molar-refractivity contribution in [2.24, 2.45) is 0 Å². The molecule has 0 spiro atoms. The van der Waals surface area contributed by atoms with Crippen LogP contribution < -0.4 is 4.90 Å². The first-order chi connectivity index (χ1) is 10.6. The van der Waals surface area contributed by atoms with Gasteiger partial charge in [0, 0.05) is 41.4 Å². The van der Waals surface area contributed by atoms with Crippen LogP contribution in [-0.4, -0.2) is 48.3 Å². The van der Waals surface area contributed by atoms with Crippen molar-refractivity contribution in [3.05, 3.63) is 27.5 Å². The van der Waals surface area contributed by atoms with E-state index < -0.39 is 0 Å². The molecule has 4 nitrogen and oxygen atoms in total. The number of aryl methyl sites for hydroxylation is 1. The van der Waals surface area contributed by atoms with Crippen molar-refractivity contribution in [3.8, 4) is 0 Å². The summed E-state index contributed by atoms with van der Waals surface area (Å²) in [7, 11) is 2.16. The van der Waals surface area contributed by atoms with E-state index in [1.807, 2.05) is 20.8 Å². The van der Waals surface area contributed by atoms with Gasteiger partial charge in [0.2, 0.25) is 0 Å². The van der Waals surface area contributed by atoms with Crippen LogP contribution in [0, 0.1) is 6.92 Å². The van der Waals surface area contributed by atoms with Crippen LogP contribution in [0.5, 0.6) is 0 Å². The fourth-order valence-electron chi connectivity index (χ4n) is 2.55. The predicted octanol–water partition coefficient (Wildman–Crippen LogP) is 4.13. The van der Waals surface area contributed by atoms with Gasteiger partial charge in [-0.3, -0.25) is 0 Å². The second-order valence-corrected chi connectivity index (χ2v) is 6.43. The van der Waals surface area contributed by atoms with E-state index in [1.165, 1.54) is 5.69 Å². The topological polar surface area (TPSA) is 32.3 Å². The third-order valence-electron chi connectivity index (χ3n) is 3.83. The van der Waals surface area contributed by atoms with Gasteiger partial charge in [-0.05, 0) is 42.0 Å². The maximum absolute atomic E-state index is 6.20. The molecule has 0 unspecified atom stereocenters. The predicted molar refractivity (Wildman–Crippen MR) is 98.0 cm³/mol. The Labute approximate surface area is 145 Å². The Bertz CT molecular complexity index is 654. The van der Waals surface area contributed by atoms with Gasteiger partial charge < -0.3 is 9.80 Å². The number of fused-ring (bicyclic) bond motifs is 1. The van der Waals surface area contributed by atoms with Gasteiger partial charge in [0.15, 0.2) is 5.15 Å². The molecule has 1 aromatic carbocycles. The summed E-state index contributed by atoms with van der Waals surface area (Å²) < 4.78 is 1.08. The molecule has 2 aromatic rings. The number of rotatable bonds is 1. The van der Waals surface area contributed by atoms with E-state index >= 15 is 0 Å². The van der Waals surface area contributed by atoms with Crippen LogP contribution in [-0.2, 0) is 0 Å². The van der Waals surface area contributed by atoms with Crippen molar-refractivity contribution in [1.29, 1.82) is 0 Å². The molecule has 1 aliphatic rings. The van der Waals surface area contributed by atoms with Gasteiger partial charge in [0.1, 0.15) is 0 Å². The first kappa shape index (κ1) is 17.4. The maximum Gasteiger partial charge on any atom is 0.159 e. The van der Waals surface area contributed by atoms with E-state index in [0.29, 0.717) is 5.15 Å². The van der Waals surface area contributed by atoms with Crippen molar-refractivity contribution >= 4 is 44.0 Å². The first-order valence-corrected chi connectivity index (χ1v) is 8.79. The molecule has 120 valence electrons. The number of nitrogens with zero attached hydrogens (tertiary/aromatic N) is 4. The first-order valence-electron chi connectivity index (χ1n) is 7.62. The van der Waals surface area contributed by atoms with E-state index in [-0.39, 0.29) is 0 Å². The minimum atomic E-state index is 0.466. The number of halogens is 2. The van der Waals surface area contributed by atoms with Crippen LogP contribution in [0.15, 0.2) is 16.6 Å². The van der Waals surface area contributed by atoms with Gasteiger partial charge in [-0.25, -0.2) is 0 Å². The summed E-state index contributed by atoms with van der Waals surface area (Å²) in [4.78, 5) is 4.73. The number of aromatic nitrogens is 2. The van der Waals surface area contributed by atoms with Crippen LogP contribution in [0.4, 0.5) is 5.69 Å². The van der Waals surface area contributed by atoms with Gasteiger partial charge in [-0.15, -0.1) is 5.10 Å². The van der Waals surface area contributed by atoms with Crippen molar-refractivity contribution in [2.75, 3.05) is 38.1 Å². The number of anilines is 1. The zero-order valence-corrected chi connectivity index (χ0v) is 15.9. The Hall–Kier alpha value is -0.910. The lowest BCUT2D eigenvalue weighted by Crippen LogP contribution is -2.44. The highest BCUT2D eigenvalue weighted by molar-refractivity contribution is 9.10. The maximum atomic E-state index is 6.20. The smallest absolute Gasteiger partial charge is 0.159 e. The van der Waals surface area contributed by atoms with Crippen LogP contribution in [0.3, 0.4) is 0 Å². The number of hydrogen-bond donors (Lipinski definition) is 0. The summed E-state index contributed by atoms with van der Waals surface area (Å²) >= 11 is 9.88. The lowest BCUT2D eigenvalue weighted by Gasteiger charge is -2.34. The lowest BCUT2D eigenvalue weighted by atomic mass is 10.1. The van der Waals surface area contributed by atoms with Crippen molar-refractivity contribution in [3.63, 3.8) is 0 Å². The summed E-state index contributed by atoms with van der Waals surface area (Å²) in [6, 6.07) is 4.22. The van der Waals surface area contributed by atoms with Gasteiger partial charge >= 0.3 is 0 Å². The fraction of sp³-hybridized carbons (Fsp3) is 0.500. The third-order valence-corrected chi connectivity index (χ3v) is 4.75. The highest BCUT2D eigenvalue weighted by atomic mass is 79.9. The Kier molecular flexibility index (Phi) is 6.01. The third kappa shape index (κ3) is 3.53. The molecule has 0 atom stereocenters. The molecule has 1 aliphatic heterocycles. The quantitative estimate of drug-likeness (QED) is 0.739. The molecule has 0 saturated carbocycles. The molecule has 22 heavy (non-hydrogen) atoms. The van der Waals surface area contributed by atoms with Crippen LogP contribution in [0.2, 0.25) is 5.15 Å². The zero-order chi connectivity index (χ0) is 16.3. The molecule has 0 N–H and O–H groups in total. The lowest BCUT2D eigenvalue weighted by molar-refractivity contribution is 0.313. The number of piperazine rings is 1. The Balaban J connectivity index is 0.000000847. The van der Waals surface area contributed by atoms with Gasteiger partial charge in [0.25, 0.3) is 0 Å². The van der Waals surface area contributed by atoms with Crippen LogP contribution in [0.25, 0.3) is 10.8 Å². The minimum absolute atomic E-state index is 0.466. The molecule has 2 heterocycles. The summed E-state index contributed by atoms with van der Waals surface area (Å²) in [6.07, 6.45) is 0. The zero-order valence-electron chi connectivity index (χ0n) is 13.5. The van der Waals surface area contributed by atoms with Crippen LogP contribution in [0.1, 0.15) is 19.5 Å². The van der Waals surface area contributed by atoms with Gasteiger partial charge in [0.05, 0.1) is 11.4 Å². The van der Waals surface area contributed by atoms with E-state index in [9.17, 15) is 0 Å². The SMILES string of the molecule is CC.Cc1nnc(Cl)c2cc(N3CCN(C)CC3)c(Br)cc12. The van der Waals surface area contributed by atoms with Crippen molar-refractivity contribution in [2.45, 2.75) is 20.8 Å². The second kappa shape index (κ2) is 7.57. The molecule has 1 aromatic heterocycles. The number of hydrogen-bond acceptors (Lipinski definition) is 4. The van der Waals surface area contributed by atoms with Crippen molar-refractivity contribution < 1.29 is 0 Å². The Morgan fingerprint density at radius 2 is 1.68 bits per heavy atom. The van der Waals surface area contributed by atoms with E-state index in [2.05, 4.69) is 55.1 Å². The highest BCUT2D eigenvalue weighted by Gasteiger charge is 2.18. The minimum Gasteiger partial charge on any atom is -0.368 e. The molecule has 6 heteroatoms. The average molecular weight is 386 g/mol. The van der Waals surface area contributed by atoms with Gasteiger partial charge in [-0.2, -0.15) is 5.10 Å². The molecule has 1 fully saturated rings. The Morgan fingerprint density at radius 3 is 2.32 bits per heavy atom. The molecule has 0 amide bonds. The average Bonchev–Trinajstić information content (AvgIpc) is 2.54. The largest absolute Gasteiger partial charge is 0.368 e. The normalized spacial score (nSPS) is 15.6. The van der Waals surface area contributed by atoms with Crippen molar-refractivity contribution in [1.82, 2.24) is 15.1 Å². The monoisotopic (exact) mass is 384 g/mol. The van der Waals surface area contributed by atoms with E-state index in [1.54, 1.807) is 0 Å². The summed E-state index contributed by atoms with van der Waals surface area (Å²) in [5, 5.41) is 10.6. The molecular formula is C16H22BrClN4. The number of likely N-dealkylation sites (N-methyl/N-ethyl adjacent to an activating group) is 1. The molecule has 0 radical (unpaired) electrons. The summed E-state index contributed by atoms with van der Waals surface area (Å²) in [5.41, 5.74) is 2.08. The molecule has 0 aliphatic carbocycles. The summed E-state index contributed by atoms with van der Waals surface area (Å²) in [6.45, 7) is 10.1. The molecular weight excluding hydrogens is 364 g/mol. The Morgan fingerprint density at radius 1 is 1.05 bits per heavy atom. The van der Waals surface area contributed by atoms with E-state index in [4.69, 9.17) is 11.6 Å². The highest BCUT2D eigenvalue weighted by Crippen LogP contribution is 2.34. The van der Waals surface area contributed by atoms with E-state index in [0.717, 1.165) is 47.1 Å². The fourth-order valence-corrected chi connectivity index (χ4v) is 3.34. The number of benzene rings is 1. The summed E-state index contributed by atoms with van der Waals surface area (Å²) in [5.74, 6) is 0. The molecule has 3 rings (SSSR count). The standard InChI is InChI=1S/C14H16BrClN4.C2H6/c1-9-10-7-12(15)13(8-11(10)14(16)18-17-9)20-5-3-19(2)4-6-20;1-2/h7-8H,3-6H2,1-2H3;1-2H3. The molecule has 1 saturated heterocycles. The second-order valence-electron chi connectivity index (χ2n) is 5.22. The molecule has 0 bridgehead atoms.